The Morgan fingerprint density at radius 2 is 1.80 bits per heavy atom. The molecule has 176 valence electrons. The van der Waals surface area contributed by atoms with Crippen molar-refractivity contribution < 1.29 is 14.3 Å². The molecule has 2 aromatic carbocycles. The van der Waals surface area contributed by atoms with E-state index in [9.17, 15) is 9.59 Å². The van der Waals surface area contributed by atoms with E-state index in [0.717, 1.165) is 25.1 Å². The molecule has 9 heteroatoms. The molecule has 0 saturated carbocycles. The Morgan fingerprint density at radius 1 is 1.09 bits per heavy atom. The number of pyridine rings is 1. The van der Waals surface area contributed by atoms with Crippen LogP contribution in [0.1, 0.15) is 38.3 Å². The van der Waals surface area contributed by atoms with Gasteiger partial charge in [-0.1, -0.05) is 29.7 Å². The number of terminal acetylenes is 1. The maximum atomic E-state index is 13.1. The molecule has 0 unspecified atom stereocenters. The Hall–Kier alpha value is -4.35. The summed E-state index contributed by atoms with van der Waals surface area (Å²) in [4.78, 5) is 32.2. The highest BCUT2D eigenvalue weighted by molar-refractivity contribution is 6.30. The standard InChI is InChI=1S/C26H22ClN5O3/c1-3-16-13-20(26(34)30-22-10-9-19(27)15-29-22)23(21(14-16)35-2)31-25(33)18-7-5-17(6-8-18)24(28)32-11-4-12-32/h1,5-10,13-15,28H,4,11-12H2,2H3,(H,31,33)(H,29,30,34). The number of hydrogen-bond acceptors (Lipinski definition) is 5. The summed E-state index contributed by atoms with van der Waals surface area (Å²) in [6, 6.07) is 12.9. The van der Waals surface area contributed by atoms with Crippen molar-refractivity contribution in [2.45, 2.75) is 6.42 Å². The summed E-state index contributed by atoms with van der Waals surface area (Å²) in [7, 11) is 1.42. The van der Waals surface area contributed by atoms with Crippen molar-refractivity contribution in [2.24, 2.45) is 0 Å². The molecule has 0 radical (unpaired) electrons. The number of hydrogen-bond donors (Lipinski definition) is 3. The number of nitrogens with zero attached hydrogens (tertiary/aromatic N) is 2. The summed E-state index contributed by atoms with van der Waals surface area (Å²) in [5, 5.41) is 14.1. The van der Waals surface area contributed by atoms with E-state index in [1.165, 1.54) is 19.4 Å². The van der Waals surface area contributed by atoms with E-state index in [2.05, 4.69) is 21.5 Å². The molecule has 35 heavy (non-hydrogen) atoms. The van der Waals surface area contributed by atoms with Gasteiger partial charge >= 0.3 is 0 Å². The molecule has 3 N–H and O–H groups in total. The lowest BCUT2D eigenvalue weighted by molar-refractivity contribution is 0.102. The lowest BCUT2D eigenvalue weighted by Crippen LogP contribution is -2.42. The molecule has 0 atom stereocenters. The minimum absolute atomic E-state index is 0.110. The second-order valence-corrected chi connectivity index (χ2v) is 8.22. The van der Waals surface area contributed by atoms with Crippen LogP contribution in [0, 0.1) is 17.8 Å². The maximum absolute atomic E-state index is 13.1. The normalized spacial score (nSPS) is 12.2. The van der Waals surface area contributed by atoms with Crippen LogP contribution in [0.5, 0.6) is 5.75 Å². The predicted octanol–water partition coefficient (Wildman–Crippen LogP) is 4.26. The number of rotatable bonds is 6. The molecule has 0 aliphatic carbocycles. The Balaban J connectivity index is 1.60. The van der Waals surface area contributed by atoms with Crippen molar-refractivity contribution in [1.82, 2.24) is 9.88 Å². The van der Waals surface area contributed by atoms with Gasteiger partial charge in [0.25, 0.3) is 11.8 Å². The second-order valence-electron chi connectivity index (χ2n) is 7.78. The van der Waals surface area contributed by atoms with E-state index in [4.69, 9.17) is 28.2 Å². The number of anilines is 2. The van der Waals surface area contributed by atoms with Gasteiger partial charge in [0.05, 0.1) is 23.4 Å². The van der Waals surface area contributed by atoms with E-state index in [0.29, 0.717) is 22.0 Å². The van der Waals surface area contributed by atoms with Crippen molar-refractivity contribution in [3.05, 3.63) is 82.0 Å². The highest BCUT2D eigenvalue weighted by Crippen LogP contribution is 2.31. The van der Waals surface area contributed by atoms with Gasteiger partial charge in [-0.2, -0.15) is 0 Å². The van der Waals surface area contributed by atoms with E-state index in [-0.39, 0.29) is 22.8 Å². The molecule has 1 fully saturated rings. The Morgan fingerprint density at radius 3 is 2.37 bits per heavy atom. The van der Waals surface area contributed by atoms with Gasteiger partial charge in [0, 0.05) is 36.0 Å². The molecule has 1 saturated heterocycles. The molecule has 4 rings (SSSR count). The Bertz CT molecular complexity index is 1330. The molecule has 1 aliphatic rings. The number of aromatic nitrogens is 1. The highest BCUT2D eigenvalue weighted by atomic mass is 35.5. The zero-order chi connectivity index (χ0) is 24.9. The van der Waals surface area contributed by atoms with Crippen molar-refractivity contribution in [3.8, 4) is 18.1 Å². The van der Waals surface area contributed by atoms with Crippen LogP contribution in [0.2, 0.25) is 5.02 Å². The molecule has 8 nitrogen and oxygen atoms in total. The van der Waals surface area contributed by atoms with Gasteiger partial charge in [-0.25, -0.2) is 4.98 Å². The maximum Gasteiger partial charge on any atom is 0.259 e. The van der Waals surface area contributed by atoms with Crippen LogP contribution in [0.3, 0.4) is 0 Å². The quantitative estimate of drug-likeness (QED) is 0.273. The monoisotopic (exact) mass is 487 g/mol. The van der Waals surface area contributed by atoms with Gasteiger partial charge in [0.15, 0.2) is 0 Å². The third kappa shape index (κ3) is 5.26. The third-order valence-corrected chi connectivity index (χ3v) is 5.76. The number of methoxy groups -OCH3 is 1. The minimum atomic E-state index is -0.538. The summed E-state index contributed by atoms with van der Waals surface area (Å²) in [6.07, 6.45) is 8.04. The molecular formula is C26H22ClN5O3. The van der Waals surface area contributed by atoms with E-state index in [1.807, 2.05) is 4.90 Å². The van der Waals surface area contributed by atoms with Crippen LogP contribution in [0.15, 0.2) is 54.7 Å². The first kappa shape index (κ1) is 23.8. The van der Waals surface area contributed by atoms with Crippen molar-refractivity contribution >= 4 is 40.8 Å². The zero-order valence-electron chi connectivity index (χ0n) is 18.9. The Labute approximate surface area is 207 Å². The van der Waals surface area contributed by atoms with Crippen molar-refractivity contribution in [2.75, 3.05) is 30.8 Å². The molecule has 2 amide bonds. The molecular weight excluding hydrogens is 466 g/mol. The zero-order valence-corrected chi connectivity index (χ0v) is 19.6. The average Bonchev–Trinajstić information content (AvgIpc) is 2.84. The van der Waals surface area contributed by atoms with Gasteiger partial charge < -0.3 is 20.3 Å². The van der Waals surface area contributed by atoms with Gasteiger partial charge in [0.1, 0.15) is 17.4 Å². The number of benzene rings is 2. The first-order chi connectivity index (χ1) is 16.9. The number of halogens is 1. The average molecular weight is 488 g/mol. The van der Waals surface area contributed by atoms with Crippen molar-refractivity contribution in [1.29, 1.82) is 5.41 Å². The largest absolute Gasteiger partial charge is 0.495 e. The van der Waals surface area contributed by atoms with Gasteiger partial charge in [0.2, 0.25) is 0 Å². The summed E-state index contributed by atoms with van der Waals surface area (Å²) in [5.41, 5.74) is 1.77. The molecule has 3 aromatic rings. The fraction of sp³-hybridized carbons (Fsp3) is 0.154. The Kier molecular flexibility index (Phi) is 6.99. The van der Waals surface area contributed by atoms with Crippen LogP contribution in [0.4, 0.5) is 11.5 Å². The number of amides is 2. The van der Waals surface area contributed by atoms with Crippen LogP contribution in [0.25, 0.3) is 0 Å². The second kappa shape index (κ2) is 10.3. The topological polar surface area (TPSA) is 107 Å². The lowest BCUT2D eigenvalue weighted by Gasteiger charge is -2.33. The fourth-order valence-electron chi connectivity index (χ4n) is 3.49. The fourth-order valence-corrected chi connectivity index (χ4v) is 3.60. The van der Waals surface area contributed by atoms with Crippen molar-refractivity contribution in [3.63, 3.8) is 0 Å². The number of amidine groups is 1. The first-order valence-corrected chi connectivity index (χ1v) is 11.1. The molecule has 0 bridgehead atoms. The number of carbonyl (C=O) groups excluding carboxylic acids is 2. The number of carbonyl (C=O) groups is 2. The summed E-state index contributed by atoms with van der Waals surface area (Å²) in [6.45, 7) is 1.73. The SMILES string of the molecule is C#Cc1cc(OC)c(NC(=O)c2ccc(C(=N)N3CCC3)cc2)c(C(=O)Nc2ccc(Cl)cn2)c1. The van der Waals surface area contributed by atoms with E-state index in [1.54, 1.807) is 42.5 Å². The first-order valence-electron chi connectivity index (χ1n) is 10.8. The number of likely N-dealkylation sites (tertiary alicyclic amines) is 1. The molecule has 2 heterocycles. The third-order valence-electron chi connectivity index (χ3n) is 5.53. The summed E-state index contributed by atoms with van der Waals surface area (Å²) >= 11 is 5.86. The minimum Gasteiger partial charge on any atom is -0.495 e. The number of nitrogens with one attached hydrogen (secondary N) is 3. The van der Waals surface area contributed by atoms with Crippen LogP contribution >= 0.6 is 11.6 Å². The van der Waals surface area contributed by atoms with E-state index >= 15 is 0 Å². The van der Waals surface area contributed by atoms with E-state index < -0.39 is 11.8 Å². The van der Waals surface area contributed by atoms with Crippen LogP contribution in [-0.2, 0) is 0 Å². The lowest BCUT2D eigenvalue weighted by atomic mass is 10.0. The van der Waals surface area contributed by atoms with Crippen LogP contribution < -0.4 is 15.4 Å². The van der Waals surface area contributed by atoms with Gasteiger partial charge in [-0.05, 0) is 42.8 Å². The molecule has 1 aromatic heterocycles. The smallest absolute Gasteiger partial charge is 0.259 e. The summed E-state index contributed by atoms with van der Waals surface area (Å²) in [5.74, 6) is 2.45. The van der Waals surface area contributed by atoms with Crippen LogP contribution in [-0.4, -0.2) is 47.7 Å². The number of ether oxygens (including phenoxy) is 1. The molecule has 0 spiro atoms. The summed E-state index contributed by atoms with van der Waals surface area (Å²) < 4.78 is 5.42. The van der Waals surface area contributed by atoms with Gasteiger partial charge in [-0.15, -0.1) is 6.42 Å². The highest BCUT2D eigenvalue weighted by Gasteiger charge is 2.22. The predicted molar refractivity (Wildman–Crippen MR) is 136 cm³/mol. The molecule has 1 aliphatic heterocycles. The van der Waals surface area contributed by atoms with Gasteiger partial charge in [-0.3, -0.25) is 15.0 Å².